The number of amides is 1. The van der Waals surface area contributed by atoms with Crippen molar-refractivity contribution in [2.75, 3.05) is 39.3 Å². The van der Waals surface area contributed by atoms with E-state index in [0.29, 0.717) is 38.2 Å². The maximum Gasteiger partial charge on any atom is 0.243 e. The quantitative estimate of drug-likeness (QED) is 0.478. The van der Waals surface area contributed by atoms with E-state index in [1.54, 1.807) is 12.1 Å². The summed E-state index contributed by atoms with van der Waals surface area (Å²) >= 11 is 0. The lowest BCUT2D eigenvalue weighted by molar-refractivity contribution is -0.126. The van der Waals surface area contributed by atoms with E-state index in [9.17, 15) is 26.0 Å². The molecule has 0 aromatic heterocycles. The van der Waals surface area contributed by atoms with Crippen LogP contribution in [0.1, 0.15) is 32.1 Å². The highest BCUT2D eigenvalue weighted by atomic mass is 32.2. The SMILES string of the molecule is O=C(NCCOc1ccc(S(=O)(=O)N2CCCCC2)cc1)C1CCCN(S(=O)(=O)c2ccc(F)cc2)C1. The molecule has 1 unspecified atom stereocenters. The van der Waals surface area contributed by atoms with Gasteiger partial charge in [0.25, 0.3) is 0 Å². The van der Waals surface area contributed by atoms with Crippen molar-refractivity contribution in [2.45, 2.75) is 41.9 Å². The zero-order valence-electron chi connectivity index (χ0n) is 20.5. The lowest BCUT2D eigenvalue weighted by Crippen LogP contribution is -2.45. The molecule has 9 nitrogen and oxygen atoms in total. The number of sulfonamides is 2. The van der Waals surface area contributed by atoms with Crippen LogP contribution in [0.3, 0.4) is 0 Å². The molecule has 1 N–H and O–H groups in total. The number of rotatable bonds is 9. The number of carbonyl (C=O) groups excluding carboxylic acids is 1. The fourth-order valence-corrected chi connectivity index (χ4v) is 7.62. The first kappa shape index (κ1) is 27.5. The number of carbonyl (C=O) groups is 1. The second kappa shape index (κ2) is 11.9. The van der Waals surface area contributed by atoms with Crippen LogP contribution >= 0.6 is 0 Å². The van der Waals surface area contributed by atoms with Gasteiger partial charge in [0.1, 0.15) is 18.2 Å². The van der Waals surface area contributed by atoms with Crippen LogP contribution in [0.15, 0.2) is 58.3 Å². The fourth-order valence-electron chi connectivity index (χ4n) is 4.58. The number of hydrogen-bond acceptors (Lipinski definition) is 6. The van der Waals surface area contributed by atoms with Gasteiger partial charge in [0, 0.05) is 26.2 Å². The lowest BCUT2D eigenvalue weighted by atomic mass is 9.99. The summed E-state index contributed by atoms with van der Waals surface area (Å²) in [5, 5.41) is 2.78. The fraction of sp³-hybridized carbons (Fsp3) is 0.480. The predicted octanol–water partition coefficient (Wildman–Crippen LogP) is 2.60. The summed E-state index contributed by atoms with van der Waals surface area (Å²) < 4.78 is 72.8. The maximum absolute atomic E-state index is 13.2. The molecule has 2 aromatic carbocycles. The number of benzene rings is 2. The average Bonchev–Trinajstić information content (AvgIpc) is 2.92. The topological polar surface area (TPSA) is 113 Å². The second-order valence-electron chi connectivity index (χ2n) is 9.23. The summed E-state index contributed by atoms with van der Waals surface area (Å²) in [6.07, 6.45) is 3.89. The van der Waals surface area contributed by atoms with Gasteiger partial charge in [-0.3, -0.25) is 4.79 Å². The summed E-state index contributed by atoms with van der Waals surface area (Å²) in [6, 6.07) is 10.9. The molecule has 202 valence electrons. The van der Waals surface area contributed by atoms with Gasteiger partial charge in [-0.25, -0.2) is 21.2 Å². The molecule has 2 aromatic rings. The summed E-state index contributed by atoms with van der Waals surface area (Å²) in [4.78, 5) is 12.9. The van der Waals surface area contributed by atoms with Crippen molar-refractivity contribution in [3.8, 4) is 5.75 Å². The van der Waals surface area contributed by atoms with E-state index < -0.39 is 31.8 Å². The van der Waals surface area contributed by atoms with Crippen molar-refractivity contribution >= 4 is 26.0 Å². The van der Waals surface area contributed by atoms with E-state index in [2.05, 4.69) is 5.32 Å². The van der Waals surface area contributed by atoms with Gasteiger partial charge < -0.3 is 10.1 Å². The Kier molecular flexibility index (Phi) is 8.83. The summed E-state index contributed by atoms with van der Waals surface area (Å²) in [6.45, 7) is 1.83. The minimum Gasteiger partial charge on any atom is -0.492 e. The molecule has 0 radical (unpaired) electrons. The Morgan fingerprint density at radius 2 is 1.41 bits per heavy atom. The van der Waals surface area contributed by atoms with Crippen molar-refractivity contribution < 1.29 is 30.8 Å². The molecule has 1 amide bonds. The van der Waals surface area contributed by atoms with Crippen LogP contribution in [0, 0.1) is 11.7 Å². The van der Waals surface area contributed by atoms with Gasteiger partial charge >= 0.3 is 0 Å². The van der Waals surface area contributed by atoms with E-state index in [0.717, 1.165) is 31.4 Å². The van der Waals surface area contributed by atoms with Crippen molar-refractivity contribution in [2.24, 2.45) is 5.92 Å². The summed E-state index contributed by atoms with van der Waals surface area (Å²) in [5.41, 5.74) is 0. The molecule has 2 fully saturated rings. The normalized spacial score (nSPS) is 19.9. The molecule has 1 atom stereocenters. The number of hydrogen-bond donors (Lipinski definition) is 1. The minimum atomic E-state index is -3.81. The van der Waals surface area contributed by atoms with Gasteiger partial charge in [-0.15, -0.1) is 0 Å². The van der Waals surface area contributed by atoms with Crippen LogP contribution in [0.2, 0.25) is 0 Å². The Hall–Kier alpha value is -2.54. The molecule has 2 aliphatic rings. The van der Waals surface area contributed by atoms with Crippen LogP contribution in [0.5, 0.6) is 5.75 Å². The molecule has 0 bridgehead atoms. The highest BCUT2D eigenvalue weighted by Crippen LogP contribution is 2.25. The third-order valence-corrected chi connectivity index (χ3v) is 10.4. The van der Waals surface area contributed by atoms with Crippen molar-refractivity contribution in [3.05, 3.63) is 54.3 Å². The molecule has 2 heterocycles. The first-order valence-corrected chi connectivity index (χ1v) is 15.3. The van der Waals surface area contributed by atoms with Gasteiger partial charge in [0.05, 0.1) is 22.3 Å². The van der Waals surface area contributed by atoms with E-state index in [4.69, 9.17) is 4.74 Å². The lowest BCUT2D eigenvalue weighted by Gasteiger charge is -2.31. The first-order valence-electron chi connectivity index (χ1n) is 12.4. The van der Waals surface area contributed by atoms with Gasteiger partial charge in [0.15, 0.2) is 0 Å². The number of nitrogens with one attached hydrogen (secondary N) is 1. The molecule has 2 saturated heterocycles. The zero-order valence-corrected chi connectivity index (χ0v) is 22.1. The smallest absolute Gasteiger partial charge is 0.243 e. The minimum absolute atomic E-state index is 0.00175. The van der Waals surface area contributed by atoms with Gasteiger partial charge in [-0.05, 0) is 74.2 Å². The summed E-state index contributed by atoms with van der Waals surface area (Å²) in [5.74, 6) is -0.787. The molecule has 12 heteroatoms. The standard InChI is InChI=1S/C25H32FN3O6S2/c26-21-6-10-23(11-7-21)37(33,34)29-17-4-5-20(19-29)25(30)27-14-18-35-22-8-12-24(13-9-22)36(31,32)28-15-2-1-3-16-28/h6-13,20H,1-5,14-19H2,(H,27,30). The highest BCUT2D eigenvalue weighted by molar-refractivity contribution is 7.89. The monoisotopic (exact) mass is 553 g/mol. The van der Waals surface area contributed by atoms with Crippen LogP contribution in [-0.2, 0) is 24.8 Å². The summed E-state index contributed by atoms with van der Waals surface area (Å²) in [7, 11) is -7.32. The average molecular weight is 554 g/mol. The van der Waals surface area contributed by atoms with Gasteiger partial charge in [-0.2, -0.15) is 8.61 Å². The van der Waals surface area contributed by atoms with Gasteiger partial charge in [-0.1, -0.05) is 6.42 Å². The second-order valence-corrected chi connectivity index (χ2v) is 13.1. The molecule has 2 aliphatic heterocycles. The van der Waals surface area contributed by atoms with Crippen LogP contribution in [-0.4, -0.2) is 70.7 Å². The van der Waals surface area contributed by atoms with Crippen molar-refractivity contribution in [1.82, 2.24) is 13.9 Å². The highest BCUT2D eigenvalue weighted by Gasteiger charge is 2.33. The van der Waals surface area contributed by atoms with Crippen LogP contribution < -0.4 is 10.1 Å². The third kappa shape index (κ3) is 6.67. The van der Waals surface area contributed by atoms with E-state index in [1.165, 1.54) is 32.9 Å². The van der Waals surface area contributed by atoms with Crippen LogP contribution in [0.25, 0.3) is 0 Å². The zero-order chi connectivity index (χ0) is 26.5. The Labute approximate surface area is 217 Å². The molecule has 4 rings (SSSR count). The molecule has 0 saturated carbocycles. The molecular formula is C25H32FN3O6S2. The Bertz CT molecular complexity index is 1280. The van der Waals surface area contributed by atoms with Crippen molar-refractivity contribution in [1.29, 1.82) is 0 Å². The van der Waals surface area contributed by atoms with Gasteiger partial charge in [0.2, 0.25) is 26.0 Å². The number of ether oxygens (including phenoxy) is 1. The van der Waals surface area contributed by atoms with E-state index in [-0.39, 0.29) is 35.4 Å². The number of piperidine rings is 2. The number of halogens is 1. The Morgan fingerprint density at radius 3 is 2.05 bits per heavy atom. The molecule has 0 aliphatic carbocycles. The third-order valence-electron chi connectivity index (χ3n) is 6.65. The maximum atomic E-state index is 13.2. The largest absolute Gasteiger partial charge is 0.492 e. The Morgan fingerprint density at radius 1 is 0.838 bits per heavy atom. The molecule has 37 heavy (non-hydrogen) atoms. The van der Waals surface area contributed by atoms with Crippen molar-refractivity contribution in [3.63, 3.8) is 0 Å². The Balaban J connectivity index is 1.24. The molecular weight excluding hydrogens is 521 g/mol. The molecule has 0 spiro atoms. The van der Waals surface area contributed by atoms with Crippen LogP contribution in [0.4, 0.5) is 4.39 Å². The number of nitrogens with zero attached hydrogens (tertiary/aromatic N) is 2. The predicted molar refractivity (Wildman–Crippen MR) is 135 cm³/mol. The first-order chi connectivity index (χ1) is 17.7. The van der Waals surface area contributed by atoms with E-state index in [1.807, 2.05) is 0 Å². The van der Waals surface area contributed by atoms with E-state index >= 15 is 0 Å².